The molecular formula is C11H16N4O. The molecule has 0 bridgehead atoms. The van der Waals surface area contributed by atoms with Gasteiger partial charge in [-0.3, -0.25) is 9.79 Å². The molecule has 0 spiro atoms. The Morgan fingerprint density at radius 2 is 2.31 bits per heavy atom. The maximum absolute atomic E-state index is 10.4. The summed E-state index contributed by atoms with van der Waals surface area (Å²) in [4.78, 5) is 16.8. The van der Waals surface area contributed by atoms with E-state index in [1.807, 2.05) is 12.2 Å². The van der Waals surface area contributed by atoms with E-state index in [1.165, 1.54) is 0 Å². The molecule has 16 heavy (non-hydrogen) atoms. The van der Waals surface area contributed by atoms with Crippen LogP contribution in [0.4, 0.5) is 0 Å². The summed E-state index contributed by atoms with van der Waals surface area (Å²) in [5, 5.41) is 6.01. The van der Waals surface area contributed by atoms with Crippen LogP contribution in [0.25, 0.3) is 0 Å². The highest BCUT2D eigenvalue weighted by Crippen LogP contribution is 2.10. The van der Waals surface area contributed by atoms with Crippen LogP contribution >= 0.6 is 0 Å². The average Bonchev–Trinajstić information content (AvgIpc) is 2.56. The molecule has 86 valence electrons. The fourth-order valence-corrected chi connectivity index (χ4v) is 1.85. The second-order valence-corrected chi connectivity index (χ2v) is 3.75. The lowest BCUT2D eigenvalue weighted by Gasteiger charge is -2.30. The van der Waals surface area contributed by atoms with Crippen molar-refractivity contribution in [3.8, 4) is 0 Å². The maximum Gasteiger partial charge on any atom is 0.207 e. The van der Waals surface area contributed by atoms with Crippen LogP contribution in [0.1, 0.15) is 0 Å². The molecule has 0 radical (unpaired) electrons. The predicted molar refractivity (Wildman–Crippen MR) is 63.1 cm³/mol. The summed E-state index contributed by atoms with van der Waals surface area (Å²) < 4.78 is 0. The standard InChI is InChI=1S/C11H16N4O/c16-9-14-10-7-11(1-2-13-8-10)15-5-3-12-4-6-15/h1-2,7-10,12H,3-6H2,(H,14,16). The SMILES string of the molecule is O=CNC1C=NC=CC(N2CCNCC2)=C1. The number of nitrogens with zero attached hydrogens (tertiary/aromatic N) is 2. The molecule has 2 aliphatic rings. The van der Waals surface area contributed by atoms with E-state index in [0.29, 0.717) is 6.41 Å². The monoisotopic (exact) mass is 220 g/mol. The smallest absolute Gasteiger partial charge is 0.207 e. The third kappa shape index (κ3) is 2.70. The van der Waals surface area contributed by atoms with Crippen molar-refractivity contribution in [1.29, 1.82) is 0 Å². The van der Waals surface area contributed by atoms with Gasteiger partial charge in [0.2, 0.25) is 6.41 Å². The van der Waals surface area contributed by atoms with E-state index in [4.69, 9.17) is 0 Å². The van der Waals surface area contributed by atoms with Gasteiger partial charge >= 0.3 is 0 Å². The number of amides is 1. The first-order valence-corrected chi connectivity index (χ1v) is 5.47. The number of aliphatic imine (C=N–C) groups is 1. The van der Waals surface area contributed by atoms with Gasteiger partial charge in [0.15, 0.2) is 0 Å². The van der Waals surface area contributed by atoms with E-state index < -0.39 is 0 Å². The van der Waals surface area contributed by atoms with Gasteiger partial charge in [0.05, 0.1) is 6.04 Å². The van der Waals surface area contributed by atoms with Crippen LogP contribution in [0.2, 0.25) is 0 Å². The normalized spacial score (nSPS) is 24.9. The zero-order chi connectivity index (χ0) is 11.2. The Balaban J connectivity index is 2.08. The number of allylic oxidation sites excluding steroid dienone is 1. The first-order valence-electron chi connectivity index (χ1n) is 5.47. The first-order chi connectivity index (χ1) is 7.90. The minimum absolute atomic E-state index is 0.114. The summed E-state index contributed by atoms with van der Waals surface area (Å²) in [6.07, 6.45) is 8.19. The Bertz CT molecular complexity index is 329. The highest BCUT2D eigenvalue weighted by Gasteiger charge is 2.13. The first kappa shape index (κ1) is 10.9. The van der Waals surface area contributed by atoms with Gasteiger partial charge in [-0.1, -0.05) is 0 Å². The van der Waals surface area contributed by atoms with Gasteiger partial charge in [0.1, 0.15) is 0 Å². The third-order valence-electron chi connectivity index (χ3n) is 2.67. The van der Waals surface area contributed by atoms with Gasteiger partial charge in [0, 0.05) is 44.3 Å². The molecule has 2 rings (SSSR count). The van der Waals surface area contributed by atoms with Gasteiger partial charge in [-0.2, -0.15) is 0 Å². The topological polar surface area (TPSA) is 56.7 Å². The van der Waals surface area contributed by atoms with E-state index in [-0.39, 0.29) is 6.04 Å². The van der Waals surface area contributed by atoms with E-state index >= 15 is 0 Å². The van der Waals surface area contributed by atoms with E-state index in [9.17, 15) is 4.79 Å². The lowest BCUT2D eigenvalue weighted by molar-refractivity contribution is -0.109. The van der Waals surface area contributed by atoms with Gasteiger partial charge in [0.25, 0.3) is 0 Å². The van der Waals surface area contributed by atoms with Crippen LogP contribution in [-0.4, -0.2) is 49.7 Å². The Morgan fingerprint density at radius 1 is 1.50 bits per heavy atom. The minimum Gasteiger partial charge on any atom is -0.369 e. The van der Waals surface area contributed by atoms with Crippen molar-refractivity contribution >= 4 is 12.6 Å². The van der Waals surface area contributed by atoms with Gasteiger partial charge in [-0.25, -0.2) is 0 Å². The molecule has 0 aliphatic carbocycles. The van der Waals surface area contributed by atoms with Crippen molar-refractivity contribution in [3.05, 3.63) is 24.0 Å². The molecule has 1 atom stereocenters. The highest BCUT2D eigenvalue weighted by molar-refractivity contribution is 5.72. The number of rotatable bonds is 3. The summed E-state index contributed by atoms with van der Waals surface area (Å²) in [5.74, 6) is 0. The molecule has 0 saturated carbocycles. The molecule has 5 nitrogen and oxygen atoms in total. The van der Waals surface area contributed by atoms with Crippen molar-refractivity contribution < 1.29 is 4.79 Å². The Hall–Kier alpha value is -1.62. The molecular weight excluding hydrogens is 204 g/mol. The summed E-state index contributed by atoms with van der Waals surface area (Å²) in [6.45, 7) is 3.98. The number of nitrogens with one attached hydrogen (secondary N) is 2. The van der Waals surface area contributed by atoms with Gasteiger partial charge < -0.3 is 15.5 Å². The number of carbonyl (C=O) groups is 1. The molecule has 1 fully saturated rings. The van der Waals surface area contributed by atoms with Crippen LogP contribution in [0.3, 0.4) is 0 Å². The van der Waals surface area contributed by atoms with Crippen LogP contribution in [0, 0.1) is 0 Å². The lowest BCUT2D eigenvalue weighted by atomic mass is 10.2. The Labute approximate surface area is 94.9 Å². The third-order valence-corrected chi connectivity index (χ3v) is 2.67. The van der Waals surface area contributed by atoms with Crippen molar-refractivity contribution in [3.63, 3.8) is 0 Å². The van der Waals surface area contributed by atoms with Crippen molar-refractivity contribution in [1.82, 2.24) is 15.5 Å². The Kier molecular flexibility index (Phi) is 3.71. The second-order valence-electron chi connectivity index (χ2n) is 3.75. The number of carbonyl (C=O) groups excluding carboxylic acids is 1. The van der Waals surface area contributed by atoms with Crippen LogP contribution < -0.4 is 10.6 Å². The predicted octanol–water partition coefficient (Wildman–Crippen LogP) is -0.512. The van der Waals surface area contributed by atoms with E-state index in [1.54, 1.807) is 12.4 Å². The minimum atomic E-state index is -0.114. The molecule has 1 unspecified atom stereocenters. The molecule has 0 aromatic heterocycles. The summed E-state index contributed by atoms with van der Waals surface area (Å²) >= 11 is 0. The molecule has 2 N–H and O–H groups in total. The molecule has 1 saturated heterocycles. The molecule has 2 heterocycles. The molecule has 0 aromatic carbocycles. The van der Waals surface area contributed by atoms with Crippen molar-refractivity contribution in [2.45, 2.75) is 6.04 Å². The zero-order valence-corrected chi connectivity index (χ0v) is 9.10. The van der Waals surface area contributed by atoms with Gasteiger partial charge in [-0.15, -0.1) is 0 Å². The summed E-state index contributed by atoms with van der Waals surface area (Å²) in [7, 11) is 0. The zero-order valence-electron chi connectivity index (χ0n) is 9.10. The van der Waals surface area contributed by atoms with E-state index in [0.717, 1.165) is 31.9 Å². The highest BCUT2D eigenvalue weighted by atomic mass is 16.1. The molecule has 0 aromatic rings. The molecule has 2 aliphatic heterocycles. The molecule has 1 amide bonds. The Morgan fingerprint density at radius 3 is 3.06 bits per heavy atom. The van der Waals surface area contributed by atoms with Crippen LogP contribution in [0.15, 0.2) is 29.0 Å². The quantitative estimate of drug-likeness (QED) is 0.630. The summed E-state index contributed by atoms with van der Waals surface area (Å²) in [6, 6.07) is -0.114. The van der Waals surface area contributed by atoms with Crippen LogP contribution in [0.5, 0.6) is 0 Å². The average molecular weight is 220 g/mol. The maximum atomic E-state index is 10.4. The number of piperazine rings is 1. The van der Waals surface area contributed by atoms with Crippen LogP contribution in [-0.2, 0) is 4.79 Å². The summed E-state index contributed by atoms with van der Waals surface area (Å²) in [5.41, 5.74) is 1.12. The fraction of sp³-hybridized carbons (Fsp3) is 0.455. The second kappa shape index (κ2) is 5.46. The van der Waals surface area contributed by atoms with E-state index in [2.05, 4.69) is 20.5 Å². The lowest BCUT2D eigenvalue weighted by Crippen LogP contribution is -2.43. The number of hydrogen-bond donors (Lipinski definition) is 2. The molecule has 5 heteroatoms. The number of hydrogen-bond acceptors (Lipinski definition) is 4. The fourth-order valence-electron chi connectivity index (χ4n) is 1.85. The van der Waals surface area contributed by atoms with Crippen molar-refractivity contribution in [2.24, 2.45) is 4.99 Å². The van der Waals surface area contributed by atoms with Crippen molar-refractivity contribution in [2.75, 3.05) is 26.2 Å². The largest absolute Gasteiger partial charge is 0.369 e. The van der Waals surface area contributed by atoms with Gasteiger partial charge in [-0.05, 0) is 12.2 Å².